The summed E-state index contributed by atoms with van der Waals surface area (Å²) in [4.78, 5) is 24.5. The molecule has 1 aliphatic rings. The number of ether oxygens (including phenoxy) is 1. The average molecular weight is 343 g/mol. The van der Waals surface area contributed by atoms with E-state index in [1.165, 1.54) is 11.0 Å². The summed E-state index contributed by atoms with van der Waals surface area (Å²) in [5.41, 5.74) is 0.509. The molecule has 0 saturated heterocycles. The third kappa shape index (κ3) is 2.49. The molecular weight excluding hydrogens is 333 g/mol. The summed E-state index contributed by atoms with van der Waals surface area (Å²) in [7, 11) is 1.59. The van der Waals surface area contributed by atoms with Gasteiger partial charge in [0.1, 0.15) is 0 Å². The molecule has 1 aromatic carbocycles. The number of carbonyl (C=O) groups is 2. The van der Waals surface area contributed by atoms with E-state index in [1.807, 2.05) is 12.1 Å². The summed E-state index contributed by atoms with van der Waals surface area (Å²) in [6, 6.07) is 7.16. The number of hydrogen-bond donors (Lipinski definition) is 0. The predicted octanol–water partition coefficient (Wildman–Crippen LogP) is 1.80. The van der Waals surface area contributed by atoms with E-state index in [0.717, 1.165) is 3.57 Å². The van der Waals surface area contributed by atoms with Gasteiger partial charge < -0.3 is 9.64 Å². The number of esters is 1. The number of hydrogen-bond acceptors (Lipinski definition) is 3. The van der Waals surface area contributed by atoms with Crippen molar-refractivity contribution in [1.82, 2.24) is 4.90 Å². The summed E-state index contributed by atoms with van der Waals surface area (Å²) in [6.45, 7) is 0. The molecule has 0 aliphatic carbocycles. The highest BCUT2D eigenvalue weighted by Crippen LogP contribution is 2.16. The lowest BCUT2D eigenvalue weighted by atomic mass is 10.2. The number of amides is 1. The first-order valence-electron chi connectivity index (χ1n) is 5.00. The Morgan fingerprint density at radius 1 is 1.41 bits per heavy atom. The molecule has 5 heteroatoms. The fraction of sp³-hybridized carbons (Fsp3) is 0.167. The minimum atomic E-state index is -0.606. The van der Waals surface area contributed by atoms with Crippen LogP contribution in [0.25, 0.3) is 0 Å². The van der Waals surface area contributed by atoms with Crippen LogP contribution < -0.4 is 0 Å². The fourth-order valence-corrected chi connectivity index (χ4v) is 2.06. The van der Waals surface area contributed by atoms with Crippen LogP contribution in [-0.4, -0.2) is 30.1 Å². The summed E-state index contributed by atoms with van der Waals surface area (Å²) < 4.78 is 6.06. The molecule has 1 aromatic rings. The molecule has 0 saturated carbocycles. The number of likely N-dealkylation sites (N-methyl/N-ethyl adjacent to an activating group) is 1. The lowest BCUT2D eigenvalue weighted by Gasteiger charge is -2.19. The fourth-order valence-electron chi connectivity index (χ4n) is 1.45. The molecule has 1 aliphatic heterocycles. The Labute approximate surface area is 112 Å². The van der Waals surface area contributed by atoms with Crippen LogP contribution in [0.4, 0.5) is 0 Å². The van der Waals surface area contributed by atoms with Gasteiger partial charge >= 0.3 is 5.97 Å². The van der Waals surface area contributed by atoms with Gasteiger partial charge in [-0.2, -0.15) is 0 Å². The van der Waals surface area contributed by atoms with Crippen LogP contribution in [0, 0.1) is 3.57 Å². The first-order valence-corrected chi connectivity index (χ1v) is 6.08. The molecule has 4 nitrogen and oxygen atoms in total. The van der Waals surface area contributed by atoms with E-state index in [9.17, 15) is 9.59 Å². The highest BCUT2D eigenvalue weighted by Gasteiger charge is 2.26. The number of rotatable bonds is 2. The normalized spacial score (nSPS) is 18.6. The molecule has 1 heterocycles. The third-order valence-electron chi connectivity index (χ3n) is 2.45. The molecule has 0 fully saturated rings. The van der Waals surface area contributed by atoms with Gasteiger partial charge in [0.15, 0.2) is 6.23 Å². The monoisotopic (exact) mass is 343 g/mol. The van der Waals surface area contributed by atoms with Crippen LogP contribution in [0.2, 0.25) is 0 Å². The molecule has 0 aromatic heterocycles. The number of nitrogens with zero attached hydrogens (tertiary/aromatic N) is 1. The maximum Gasteiger partial charge on any atom is 0.341 e. The van der Waals surface area contributed by atoms with Crippen molar-refractivity contribution in [2.45, 2.75) is 6.23 Å². The van der Waals surface area contributed by atoms with Crippen molar-refractivity contribution in [2.75, 3.05) is 7.05 Å². The van der Waals surface area contributed by atoms with Crippen LogP contribution in [0.1, 0.15) is 10.4 Å². The van der Waals surface area contributed by atoms with Gasteiger partial charge in [0.05, 0.1) is 5.56 Å². The highest BCUT2D eigenvalue weighted by molar-refractivity contribution is 14.1. The predicted molar refractivity (Wildman–Crippen MR) is 70.3 cm³/mol. The van der Waals surface area contributed by atoms with Gasteiger partial charge in [0.25, 0.3) is 0 Å². The number of carbonyl (C=O) groups excluding carboxylic acids is 2. The summed E-state index contributed by atoms with van der Waals surface area (Å²) >= 11 is 2.07. The van der Waals surface area contributed by atoms with Crippen molar-refractivity contribution < 1.29 is 14.3 Å². The molecule has 1 unspecified atom stereocenters. The Bertz CT molecular complexity index is 498. The highest BCUT2D eigenvalue weighted by atomic mass is 127. The summed E-state index contributed by atoms with van der Waals surface area (Å²) in [5.74, 6) is -0.586. The second-order valence-electron chi connectivity index (χ2n) is 3.58. The molecule has 1 atom stereocenters. The third-order valence-corrected chi connectivity index (χ3v) is 3.40. The molecule has 2 rings (SSSR count). The van der Waals surface area contributed by atoms with Crippen molar-refractivity contribution in [1.29, 1.82) is 0 Å². The van der Waals surface area contributed by atoms with Crippen LogP contribution in [0.5, 0.6) is 0 Å². The van der Waals surface area contributed by atoms with Crippen molar-refractivity contribution in [3.05, 3.63) is 45.6 Å². The number of benzene rings is 1. The van der Waals surface area contributed by atoms with Crippen LogP contribution in [-0.2, 0) is 9.53 Å². The molecule has 0 radical (unpaired) electrons. The SMILES string of the molecule is CN1C(=O)C=CC1OC(=O)c1ccccc1I. The van der Waals surface area contributed by atoms with Gasteiger partial charge in [0, 0.05) is 16.7 Å². The Hall–Kier alpha value is -1.37. The molecule has 0 bridgehead atoms. The topological polar surface area (TPSA) is 46.6 Å². The zero-order chi connectivity index (χ0) is 12.4. The van der Waals surface area contributed by atoms with Crippen molar-refractivity contribution >= 4 is 34.5 Å². The van der Waals surface area contributed by atoms with Gasteiger partial charge in [-0.3, -0.25) is 4.79 Å². The van der Waals surface area contributed by atoms with E-state index in [2.05, 4.69) is 22.6 Å². The quantitative estimate of drug-likeness (QED) is 0.608. The first kappa shape index (κ1) is 12.1. The molecule has 1 amide bonds. The maximum atomic E-state index is 11.9. The van der Waals surface area contributed by atoms with Crippen molar-refractivity contribution in [3.63, 3.8) is 0 Å². The van der Waals surface area contributed by atoms with Gasteiger partial charge in [-0.15, -0.1) is 0 Å². The van der Waals surface area contributed by atoms with Gasteiger partial charge in [-0.05, 0) is 40.8 Å². The maximum absolute atomic E-state index is 11.9. The van der Waals surface area contributed by atoms with Crippen LogP contribution >= 0.6 is 22.6 Å². The zero-order valence-electron chi connectivity index (χ0n) is 9.09. The van der Waals surface area contributed by atoms with E-state index >= 15 is 0 Å². The molecule has 88 valence electrons. The Kier molecular flexibility index (Phi) is 3.46. The molecular formula is C12H10INO3. The summed E-state index contributed by atoms with van der Waals surface area (Å²) in [6.07, 6.45) is 2.36. The largest absolute Gasteiger partial charge is 0.434 e. The lowest BCUT2D eigenvalue weighted by Crippen LogP contribution is -2.33. The lowest BCUT2D eigenvalue weighted by molar-refractivity contribution is -0.129. The van der Waals surface area contributed by atoms with Gasteiger partial charge in [-0.1, -0.05) is 12.1 Å². The van der Waals surface area contributed by atoms with E-state index in [4.69, 9.17) is 4.74 Å². The standard InChI is InChI=1S/C12H10INO3/c1-14-10(15)6-7-11(14)17-12(16)8-4-2-3-5-9(8)13/h2-7,11H,1H3. The van der Waals surface area contributed by atoms with Crippen LogP contribution in [0.3, 0.4) is 0 Å². The Morgan fingerprint density at radius 2 is 2.12 bits per heavy atom. The first-order chi connectivity index (χ1) is 8.09. The second kappa shape index (κ2) is 4.87. The van der Waals surface area contributed by atoms with E-state index in [0.29, 0.717) is 5.56 Å². The summed E-state index contributed by atoms with van der Waals surface area (Å²) in [5, 5.41) is 0. The van der Waals surface area contributed by atoms with Gasteiger partial charge in [0.2, 0.25) is 5.91 Å². The minimum Gasteiger partial charge on any atom is -0.434 e. The van der Waals surface area contributed by atoms with Crippen LogP contribution in [0.15, 0.2) is 36.4 Å². The van der Waals surface area contributed by atoms with Gasteiger partial charge in [-0.25, -0.2) is 4.79 Å². The Morgan fingerprint density at radius 3 is 2.71 bits per heavy atom. The zero-order valence-corrected chi connectivity index (χ0v) is 11.2. The molecule has 0 spiro atoms. The van der Waals surface area contributed by atoms with Crippen molar-refractivity contribution in [3.8, 4) is 0 Å². The minimum absolute atomic E-state index is 0.162. The molecule has 17 heavy (non-hydrogen) atoms. The van der Waals surface area contributed by atoms with E-state index in [1.54, 1.807) is 25.3 Å². The van der Waals surface area contributed by atoms with Crippen molar-refractivity contribution in [2.24, 2.45) is 0 Å². The number of halogens is 1. The smallest absolute Gasteiger partial charge is 0.341 e. The average Bonchev–Trinajstić information content (AvgIpc) is 2.61. The Balaban J connectivity index is 2.11. The second-order valence-corrected chi connectivity index (χ2v) is 4.75. The molecule has 0 N–H and O–H groups in total. The van der Waals surface area contributed by atoms with E-state index in [-0.39, 0.29) is 5.91 Å². The van der Waals surface area contributed by atoms with E-state index < -0.39 is 12.2 Å².